The maximum atomic E-state index is 14.3. The summed E-state index contributed by atoms with van der Waals surface area (Å²) in [6.45, 7) is 3.59. The van der Waals surface area contributed by atoms with Gasteiger partial charge in [0.15, 0.2) is 5.82 Å². The third kappa shape index (κ3) is 3.38. The molecule has 0 aliphatic carbocycles. The lowest BCUT2D eigenvalue weighted by Gasteiger charge is -2.26. The minimum absolute atomic E-state index is 0.0747. The van der Waals surface area contributed by atoms with Gasteiger partial charge in [-0.05, 0) is 36.2 Å². The van der Waals surface area contributed by atoms with Crippen LogP contribution >= 0.6 is 0 Å². The van der Waals surface area contributed by atoms with Crippen LogP contribution in [0.2, 0.25) is 0 Å². The van der Waals surface area contributed by atoms with Crippen molar-refractivity contribution in [2.75, 3.05) is 26.3 Å². The molecule has 2 aromatic heterocycles. The van der Waals surface area contributed by atoms with Crippen molar-refractivity contribution in [2.45, 2.75) is 6.92 Å². The van der Waals surface area contributed by atoms with E-state index in [1.807, 2.05) is 0 Å². The van der Waals surface area contributed by atoms with Crippen molar-refractivity contribution in [2.24, 2.45) is 0 Å². The van der Waals surface area contributed by atoms with Gasteiger partial charge in [-0.3, -0.25) is 14.7 Å². The molecule has 8 nitrogen and oxygen atoms in total. The molecule has 1 saturated heterocycles. The predicted octanol–water partition coefficient (Wildman–Crippen LogP) is 2.02. The van der Waals surface area contributed by atoms with Crippen molar-refractivity contribution in [1.29, 1.82) is 5.26 Å². The van der Waals surface area contributed by atoms with Gasteiger partial charge in [0.2, 0.25) is 0 Å². The molecule has 152 valence electrons. The van der Waals surface area contributed by atoms with E-state index in [9.17, 15) is 14.0 Å². The summed E-state index contributed by atoms with van der Waals surface area (Å²) in [6, 6.07) is 7.86. The molecule has 0 radical (unpaired) electrons. The van der Waals surface area contributed by atoms with Crippen LogP contribution in [-0.4, -0.2) is 51.9 Å². The summed E-state index contributed by atoms with van der Waals surface area (Å²) in [6.07, 6.45) is 2.89. The molecule has 0 spiro atoms. The zero-order valence-corrected chi connectivity index (χ0v) is 16.2. The minimum Gasteiger partial charge on any atom is -0.378 e. The number of nitriles is 1. The van der Waals surface area contributed by atoms with Gasteiger partial charge in [0.1, 0.15) is 11.9 Å². The van der Waals surface area contributed by atoms with Gasteiger partial charge in [0.05, 0.1) is 29.9 Å². The van der Waals surface area contributed by atoms with Crippen LogP contribution in [0.1, 0.15) is 21.5 Å². The van der Waals surface area contributed by atoms with E-state index in [-0.39, 0.29) is 22.6 Å². The van der Waals surface area contributed by atoms with E-state index in [1.165, 1.54) is 30.1 Å². The summed E-state index contributed by atoms with van der Waals surface area (Å²) >= 11 is 0. The van der Waals surface area contributed by atoms with Crippen molar-refractivity contribution in [3.63, 3.8) is 0 Å². The monoisotopic (exact) mass is 407 g/mol. The number of halogens is 1. The molecule has 4 rings (SSSR count). The Bertz CT molecular complexity index is 1200. The molecule has 1 amide bonds. The normalized spacial score (nSPS) is 13.8. The SMILES string of the molecule is Cc1c(-c2c[nH]n(-c3ccc(C(=O)N4CCOCC4)cn3)c2=O)ccc(C#N)c1F. The Hall–Kier alpha value is -3.77. The van der Waals surface area contributed by atoms with Gasteiger partial charge in [-0.2, -0.15) is 5.26 Å². The number of carbonyl (C=O) groups is 1. The summed E-state index contributed by atoms with van der Waals surface area (Å²) in [5.41, 5.74) is 0.801. The molecule has 3 aromatic rings. The van der Waals surface area contributed by atoms with E-state index >= 15 is 0 Å². The van der Waals surface area contributed by atoms with Gasteiger partial charge in [0.25, 0.3) is 11.5 Å². The first kappa shape index (κ1) is 19.5. The highest BCUT2D eigenvalue weighted by Gasteiger charge is 2.20. The molecule has 9 heteroatoms. The van der Waals surface area contributed by atoms with Crippen molar-refractivity contribution < 1.29 is 13.9 Å². The quantitative estimate of drug-likeness (QED) is 0.715. The largest absolute Gasteiger partial charge is 0.378 e. The highest BCUT2D eigenvalue weighted by molar-refractivity contribution is 5.94. The average molecular weight is 407 g/mol. The van der Waals surface area contributed by atoms with Crippen LogP contribution < -0.4 is 5.56 Å². The molecule has 1 aliphatic rings. The van der Waals surface area contributed by atoms with Crippen LogP contribution in [0.25, 0.3) is 16.9 Å². The third-order valence-electron chi connectivity index (χ3n) is 5.09. The zero-order valence-electron chi connectivity index (χ0n) is 16.2. The van der Waals surface area contributed by atoms with E-state index in [2.05, 4.69) is 10.1 Å². The molecule has 0 atom stereocenters. The van der Waals surface area contributed by atoms with Crippen LogP contribution in [0.4, 0.5) is 4.39 Å². The number of aromatic nitrogens is 3. The molecule has 0 unspecified atom stereocenters. The second kappa shape index (κ2) is 7.93. The fraction of sp³-hybridized carbons (Fsp3) is 0.238. The average Bonchev–Trinajstić information content (AvgIpc) is 3.17. The molecular weight excluding hydrogens is 389 g/mol. The van der Waals surface area contributed by atoms with Crippen LogP contribution in [0, 0.1) is 24.1 Å². The fourth-order valence-corrected chi connectivity index (χ4v) is 3.39. The second-order valence-electron chi connectivity index (χ2n) is 6.85. The molecule has 1 N–H and O–H groups in total. The van der Waals surface area contributed by atoms with E-state index in [1.54, 1.807) is 29.2 Å². The Morgan fingerprint density at radius 1 is 1.23 bits per heavy atom. The molecule has 30 heavy (non-hydrogen) atoms. The number of morpholine rings is 1. The topological polar surface area (TPSA) is 104 Å². The van der Waals surface area contributed by atoms with Crippen molar-refractivity contribution in [3.05, 3.63) is 69.5 Å². The molecule has 1 aliphatic heterocycles. The summed E-state index contributed by atoms with van der Waals surface area (Å²) < 4.78 is 20.8. The zero-order chi connectivity index (χ0) is 21.3. The summed E-state index contributed by atoms with van der Waals surface area (Å²) in [5, 5.41) is 11.8. The first-order valence-corrected chi connectivity index (χ1v) is 9.34. The first-order valence-electron chi connectivity index (χ1n) is 9.34. The van der Waals surface area contributed by atoms with Gasteiger partial charge < -0.3 is 9.64 Å². The highest BCUT2D eigenvalue weighted by atomic mass is 19.1. The first-order chi connectivity index (χ1) is 14.5. The number of H-pyrrole nitrogens is 1. The van der Waals surface area contributed by atoms with E-state index in [4.69, 9.17) is 10.00 Å². The van der Waals surface area contributed by atoms with Gasteiger partial charge in [-0.25, -0.2) is 14.1 Å². The number of hydrogen-bond donors (Lipinski definition) is 1. The van der Waals surface area contributed by atoms with E-state index in [0.29, 0.717) is 43.2 Å². The minimum atomic E-state index is -0.647. The lowest BCUT2D eigenvalue weighted by molar-refractivity contribution is 0.0302. The van der Waals surface area contributed by atoms with Gasteiger partial charge >= 0.3 is 0 Å². The smallest absolute Gasteiger partial charge is 0.280 e. The number of benzene rings is 1. The van der Waals surface area contributed by atoms with Crippen LogP contribution in [-0.2, 0) is 4.74 Å². The Labute approximate surface area is 171 Å². The number of nitrogens with zero attached hydrogens (tertiary/aromatic N) is 4. The molecule has 0 bridgehead atoms. The number of ether oxygens (including phenoxy) is 1. The number of rotatable bonds is 3. The van der Waals surface area contributed by atoms with Gasteiger partial charge in [-0.1, -0.05) is 6.07 Å². The standard InChI is InChI=1S/C21H18FN5O3/c1-13-16(4-2-14(10-23)19(13)22)17-12-25-27(21(17)29)18-5-3-15(11-24-18)20(28)26-6-8-30-9-7-26/h2-5,11-12,25H,6-9H2,1H3. The van der Waals surface area contributed by atoms with Crippen molar-refractivity contribution in [1.82, 2.24) is 19.7 Å². The predicted molar refractivity (Wildman–Crippen MR) is 106 cm³/mol. The van der Waals surface area contributed by atoms with Crippen molar-refractivity contribution >= 4 is 5.91 Å². The van der Waals surface area contributed by atoms with Crippen LogP contribution in [0.3, 0.4) is 0 Å². The third-order valence-corrected chi connectivity index (χ3v) is 5.09. The lowest BCUT2D eigenvalue weighted by Crippen LogP contribution is -2.40. The molecular formula is C21H18FN5O3. The maximum absolute atomic E-state index is 14.3. The van der Waals surface area contributed by atoms with Gasteiger partial charge in [-0.15, -0.1) is 0 Å². The number of hydrogen-bond acceptors (Lipinski definition) is 5. The molecule has 1 fully saturated rings. The van der Waals surface area contributed by atoms with Crippen LogP contribution in [0.15, 0.2) is 41.5 Å². The summed E-state index contributed by atoms with van der Waals surface area (Å²) in [4.78, 5) is 31.3. The second-order valence-corrected chi connectivity index (χ2v) is 6.85. The fourth-order valence-electron chi connectivity index (χ4n) is 3.39. The number of nitrogens with one attached hydrogen (secondary N) is 1. The molecule has 3 heterocycles. The Kier molecular flexibility index (Phi) is 5.16. The maximum Gasteiger partial charge on any atom is 0.280 e. The number of amides is 1. The summed E-state index contributed by atoms with van der Waals surface area (Å²) in [7, 11) is 0. The molecule has 0 saturated carbocycles. The number of aromatic amines is 1. The van der Waals surface area contributed by atoms with E-state index < -0.39 is 11.4 Å². The number of carbonyl (C=O) groups excluding carboxylic acids is 1. The Morgan fingerprint density at radius 2 is 2.00 bits per heavy atom. The van der Waals surface area contributed by atoms with Crippen LogP contribution in [0.5, 0.6) is 0 Å². The van der Waals surface area contributed by atoms with E-state index in [0.717, 1.165) is 0 Å². The van der Waals surface area contributed by atoms with Crippen molar-refractivity contribution in [3.8, 4) is 23.0 Å². The summed E-state index contributed by atoms with van der Waals surface area (Å²) in [5.74, 6) is -0.483. The molecule has 1 aromatic carbocycles. The lowest BCUT2D eigenvalue weighted by atomic mass is 10.0. The Morgan fingerprint density at radius 3 is 2.67 bits per heavy atom. The highest BCUT2D eigenvalue weighted by Crippen LogP contribution is 2.24. The number of pyridine rings is 1. The van der Waals surface area contributed by atoms with Gasteiger partial charge in [0, 0.05) is 25.5 Å². The Balaban J connectivity index is 1.63.